The summed E-state index contributed by atoms with van der Waals surface area (Å²) in [6.45, 7) is 4.71. The Morgan fingerprint density at radius 2 is 1.47 bits per heavy atom. The van der Waals surface area contributed by atoms with E-state index in [4.69, 9.17) is 9.47 Å². The van der Waals surface area contributed by atoms with Crippen molar-refractivity contribution >= 4 is 17.9 Å². The van der Waals surface area contributed by atoms with Crippen LogP contribution in [0.1, 0.15) is 42.6 Å². The number of H-pyrrole nitrogens is 1. The minimum Gasteiger partial charge on any atom is -0.490 e. The highest BCUT2D eigenvalue weighted by molar-refractivity contribution is 5.98. The number of carbonyl (C=O) groups excluding carboxylic acids is 2. The summed E-state index contributed by atoms with van der Waals surface area (Å²) in [7, 11) is 0. The Labute approximate surface area is 222 Å². The van der Waals surface area contributed by atoms with Crippen LogP contribution in [0.3, 0.4) is 0 Å². The number of nitrogens with one attached hydrogen (secondary N) is 2. The van der Waals surface area contributed by atoms with E-state index in [0.29, 0.717) is 30.3 Å². The van der Waals surface area contributed by atoms with Crippen LogP contribution in [-0.2, 0) is 4.79 Å². The van der Waals surface area contributed by atoms with Crippen molar-refractivity contribution in [1.29, 1.82) is 0 Å². The zero-order valence-corrected chi connectivity index (χ0v) is 21.6. The minimum atomic E-state index is -0.342. The van der Waals surface area contributed by atoms with E-state index in [9.17, 15) is 9.59 Å². The molecule has 0 aliphatic rings. The second kappa shape index (κ2) is 13.1. The van der Waals surface area contributed by atoms with Gasteiger partial charge in [-0.05, 0) is 49.2 Å². The molecular weight excluding hydrogens is 478 g/mol. The monoisotopic (exact) mass is 509 g/mol. The molecule has 0 fully saturated rings. The molecule has 7 nitrogen and oxygen atoms in total. The predicted molar refractivity (Wildman–Crippen MR) is 150 cm³/mol. The number of benzene rings is 3. The van der Waals surface area contributed by atoms with Gasteiger partial charge in [0.05, 0.1) is 25.1 Å². The molecule has 2 N–H and O–H groups in total. The van der Waals surface area contributed by atoms with Gasteiger partial charge in [-0.2, -0.15) is 5.10 Å². The number of ketones is 1. The molecule has 0 aliphatic heterocycles. The molecule has 0 bridgehead atoms. The Hall–Kier alpha value is -4.65. The smallest absolute Gasteiger partial charge is 0.240 e. The number of amides is 1. The van der Waals surface area contributed by atoms with Gasteiger partial charge in [-0.25, -0.2) is 5.43 Å². The van der Waals surface area contributed by atoms with Gasteiger partial charge < -0.3 is 14.5 Å². The second-order valence-corrected chi connectivity index (χ2v) is 8.49. The van der Waals surface area contributed by atoms with E-state index in [-0.39, 0.29) is 24.5 Å². The average Bonchev–Trinajstić information content (AvgIpc) is 3.38. The molecule has 4 rings (SSSR count). The average molecular weight is 510 g/mol. The van der Waals surface area contributed by atoms with Gasteiger partial charge in [0.1, 0.15) is 0 Å². The number of ether oxygens (including phenoxy) is 2. The Balaban J connectivity index is 1.40. The molecule has 0 saturated carbocycles. The first kappa shape index (κ1) is 26.4. The molecule has 38 heavy (non-hydrogen) atoms. The van der Waals surface area contributed by atoms with Gasteiger partial charge in [-0.3, -0.25) is 9.59 Å². The standard InChI is InChI=1S/C31H31N3O4/c1-3-37-28-17-15-24(20-29(28)38-4-2)27(35)16-18-30(36)34-32-21-25-19-26(22-11-7-5-8-12-22)33-31(25)23-13-9-6-10-14-23/h5-15,17,19-21,33H,3-4,16,18H2,1-2H3,(H,34,36)/b32-21+. The van der Waals surface area contributed by atoms with Gasteiger partial charge in [-0.1, -0.05) is 60.7 Å². The van der Waals surface area contributed by atoms with Gasteiger partial charge >= 0.3 is 0 Å². The maximum Gasteiger partial charge on any atom is 0.240 e. The van der Waals surface area contributed by atoms with Gasteiger partial charge in [0.25, 0.3) is 0 Å². The van der Waals surface area contributed by atoms with Crippen LogP contribution in [0, 0.1) is 0 Å². The maximum atomic E-state index is 12.7. The molecule has 0 spiro atoms. The number of hydrogen-bond acceptors (Lipinski definition) is 5. The number of hydrazone groups is 1. The van der Waals surface area contributed by atoms with Crippen molar-refractivity contribution in [3.8, 4) is 34.0 Å². The molecule has 0 saturated heterocycles. The molecule has 194 valence electrons. The molecule has 3 aromatic carbocycles. The molecule has 1 amide bonds. The van der Waals surface area contributed by atoms with Crippen molar-refractivity contribution in [1.82, 2.24) is 10.4 Å². The summed E-state index contributed by atoms with van der Waals surface area (Å²) in [5.74, 6) is 0.612. The van der Waals surface area contributed by atoms with Crippen LogP contribution in [0.25, 0.3) is 22.5 Å². The molecular formula is C31H31N3O4. The lowest BCUT2D eigenvalue weighted by Gasteiger charge is -2.12. The van der Waals surface area contributed by atoms with Crippen LogP contribution in [0.4, 0.5) is 0 Å². The molecule has 4 aromatic rings. The summed E-state index contributed by atoms with van der Waals surface area (Å²) < 4.78 is 11.1. The zero-order chi connectivity index (χ0) is 26.7. The van der Waals surface area contributed by atoms with Crippen LogP contribution in [0.2, 0.25) is 0 Å². The highest BCUT2D eigenvalue weighted by Crippen LogP contribution is 2.30. The number of aromatic amines is 1. The van der Waals surface area contributed by atoms with E-state index in [0.717, 1.165) is 28.1 Å². The van der Waals surface area contributed by atoms with Gasteiger partial charge in [0.2, 0.25) is 5.91 Å². The molecule has 1 aromatic heterocycles. The lowest BCUT2D eigenvalue weighted by Crippen LogP contribution is -2.18. The van der Waals surface area contributed by atoms with Crippen molar-refractivity contribution in [2.45, 2.75) is 26.7 Å². The Bertz CT molecular complexity index is 1400. The lowest BCUT2D eigenvalue weighted by atomic mass is 10.1. The topological polar surface area (TPSA) is 92.8 Å². The number of hydrogen-bond donors (Lipinski definition) is 2. The van der Waals surface area contributed by atoms with Crippen molar-refractivity contribution < 1.29 is 19.1 Å². The molecule has 0 atom stereocenters. The van der Waals surface area contributed by atoms with Crippen molar-refractivity contribution in [2.75, 3.05) is 13.2 Å². The lowest BCUT2D eigenvalue weighted by molar-refractivity contribution is -0.121. The Morgan fingerprint density at radius 3 is 2.16 bits per heavy atom. The van der Waals surface area contributed by atoms with Gasteiger partial charge in [0.15, 0.2) is 17.3 Å². The van der Waals surface area contributed by atoms with E-state index in [2.05, 4.69) is 15.5 Å². The van der Waals surface area contributed by atoms with Crippen molar-refractivity contribution in [3.05, 3.63) is 96.1 Å². The highest BCUT2D eigenvalue weighted by Gasteiger charge is 2.14. The summed E-state index contributed by atoms with van der Waals surface area (Å²) >= 11 is 0. The second-order valence-electron chi connectivity index (χ2n) is 8.49. The van der Waals surface area contributed by atoms with Crippen LogP contribution in [0.15, 0.2) is 90.0 Å². The molecule has 1 heterocycles. The minimum absolute atomic E-state index is 0.0152. The van der Waals surface area contributed by atoms with Gasteiger partial charge in [0, 0.05) is 29.7 Å². The fraction of sp³-hybridized carbons (Fsp3) is 0.194. The van der Waals surface area contributed by atoms with Crippen LogP contribution >= 0.6 is 0 Å². The van der Waals surface area contributed by atoms with E-state index in [1.807, 2.05) is 80.6 Å². The number of carbonyl (C=O) groups is 2. The summed E-state index contributed by atoms with van der Waals surface area (Å²) in [6, 6.07) is 27.0. The first-order valence-electron chi connectivity index (χ1n) is 12.7. The summed E-state index contributed by atoms with van der Waals surface area (Å²) in [5.41, 5.74) is 7.76. The van der Waals surface area contributed by atoms with E-state index < -0.39 is 0 Å². The normalized spacial score (nSPS) is 10.9. The molecule has 7 heteroatoms. The van der Waals surface area contributed by atoms with E-state index in [1.54, 1.807) is 24.4 Å². The van der Waals surface area contributed by atoms with E-state index >= 15 is 0 Å². The molecule has 0 radical (unpaired) electrons. The number of aromatic nitrogens is 1. The predicted octanol–water partition coefficient (Wildman–Crippen LogP) is 6.26. The van der Waals surface area contributed by atoms with Crippen LogP contribution in [-0.4, -0.2) is 36.1 Å². The fourth-order valence-electron chi connectivity index (χ4n) is 4.01. The van der Waals surface area contributed by atoms with Crippen LogP contribution in [0.5, 0.6) is 11.5 Å². The number of Topliss-reactive ketones (excluding diaryl/α,β-unsaturated/α-hetero) is 1. The third-order valence-electron chi connectivity index (χ3n) is 5.83. The maximum absolute atomic E-state index is 12.7. The zero-order valence-electron chi connectivity index (χ0n) is 21.6. The molecule has 0 unspecified atom stereocenters. The highest BCUT2D eigenvalue weighted by atomic mass is 16.5. The Kier molecular flexibility index (Phi) is 9.07. The third-order valence-corrected chi connectivity index (χ3v) is 5.83. The van der Waals surface area contributed by atoms with Crippen molar-refractivity contribution in [3.63, 3.8) is 0 Å². The summed E-state index contributed by atoms with van der Waals surface area (Å²) in [5, 5.41) is 4.16. The van der Waals surface area contributed by atoms with Crippen LogP contribution < -0.4 is 14.9 Å². The molecule has 0 aliphatic carbocycles. The largest absolute Gasteiger partial charge is 0.490 e. The summed E-state index contributed by atoms with van der Waals surface area (Å²) in [6.07, 6.45) is 1.69. The number of nitrogens with zero attached hydrogens (tertiary/aromatic N) is 1. The third kappa shape index (κ3) is 6.76. The summed E-state index contributed by atoms with van der Waals surface area (Å²) in [4.78, 5) is 28.6. The first-order valence-corrected chi connectivity index (χ1v) is 12.7. The van der Waals surface area contributed by atoms with E-state index in [1.165, 1.54) is 0 Å². The Morgan fingerprint density at radius 1 is 0.816 bits per heavy atom. The quantitative estimate of drug-likeness (QED) is 0.134. The first-order chi connectivity index (χ1) is 18.6. The van der Waals surface area contributed by atoms with Gasteiger partial charge in [-0.15, -0.1) is 0 Å². The fourth-order valence-corrected chi connectivity index (χ4v) is 4.01. The SMILES string of the molecule is CCOc1ccc(C(=O)CCC(=O)N/N=C/c2cc(-c3ccccc3)[nH]c2-c2ccccc2)cc1OCC. The number of rotatable bonds is 12. The van der Waals surface area contributed by atoms with Crippen molar-refractivity contribution in [2.24, 2.45) is 5.10 Å².